The van der Waals surface area contributed by atoms with Crippen LogP contribution in [0.25, 0.3) is 10.8 Å². The van der Waals surface area contributed by atoms with Gasteiger partial charge in [0.25, 0.3) is 5.91 Å². The van der Waals surface area contributed by atoms with Crippen LogP contribution in [-0.2, 0) is 13.1 Å². The number of nitrogens with one attached hydrogen (secondary N) is 1. The fourth-order valence-electron chi connectivity index (χ4n) is 4.70. The van der Waals surface area contributed by atoms with Crippen molar-refractivity contribution in [1.29, 1.82) is 0 Å². The molecule has 1 aliphatic rings. The first-order valence-corrected chi connectivity index (χ1v) is 11.9. The second kappa shape index (κ2) is 10.2. The average molecular weight is 470 g/mol. The third kappa shape index (κ3) is 4.98. The van der Waals surface area contributed by atoms with Crippen molar-refractivity contribution in [2.24, 2.45) is 0 Å². The van der Waals surface area contributed by atoms with Crippen LogP contribution < -0.4 is 10.2 Å². The monoisotopic (exact) mass is 469 g/mol. The molecule has 4 aromatic carbocycles. The normalized spacial score (nSPS) is 14.3. The van der Waals surface area contributed by atoms with Gasteiger partial charge in [-0.1, -0.05) is 66.7 Å². The van der Waals surface area contributed by atoms with Crippen molar-refractivity contribution >= 4 is 22.4 Å². The Morgan fingerprint density at radius 1 is 0.886 bits per heavy atom. The summed E-state index contributed by atoms with van der Waals surface area (Å²) in [6.45, 7) is 3.74. The highest BCUT2D eigenvalue weighted by Gasteiger charge is 2.23. The van der Waals surface area contributed by atoms with Gasteiger partial charge in [0.2, 0.25) is 0 Å². The summed E-state index contributed by atoms with van der Waals surface area (Å²) in [6, 6.07) is 26.1. The summed E-state index contributed by atoms with van der Waals surface area (Å²) in [5.41, 5.74) is 2.64. The van der Waals surface area contributed by atoms with Crippen molar-refractivity contribution in [1.82, 2.24) is 10.2 Å². The number of hydrogen-bond donors (Lipinski definition) is 2. The molecule has 0 aromatic heterocycles. The number of fused-ring (bicyclic) bond motifs is 1. The number of anilines is 1. The van der Waals surface area contributed by atoms with E-state index >= 15 is 0 Å². The van der Waals surface area contributed by atoms with E-state index < -0.39 is 0 Å². The molecule has 5 rings (SSSR count). The summed E-state index contributed by atoms with van der Waals surface area (Å²) < 4.78 is 14.2. The largest absolute Gasteiger partial charge is 0.507 e. The standard InChI is InChI=1S/C29H28FN3O2/c30-26-12-6-7-13-27(26)33-16-14-32(15-17-33)20-25-23-11-5-4-10-22(23)18-24(28(25)34)29(35)31-19-21-8-2-1-3-9-21/h1-13,18,34H,14-17,19-20H2,(H,31,35). The minimum absolute atomic E-state index is 0.0193. The fraction of sp³-hybridized carbons (Fsp3) is 0.207. The van der Waals surface area contributed by atoms with Gasteiger partial charge < -0.3 is 15.3 Å². The molecule has 35 heavy (non-hydrogen) atoms. The number of amides is 1. The number of phenols is 1. The van der Waals surface area contributed by atoms with Crippen LogP contribution in [0.2, 0.25) is 0 Å². The first kappa shape index (κ1) is 22.9. The number of rotatable bonds is 6. The van der Waals surface area contributed by atoms with Crippen molar-refractivity contribution in [2.75, 3.05) is 31.1 Å². The summed E-state index contributed by atoms with van der Waals surface area (Å²) in [6.07, 6.45) is 0. The molecule has 1 fully saturated rings. The topological polar surface area (TPSA) is 55.8 Å². The lowest BCUT2D eigenvalue weighted by Gasteiger charge is -2.36. The van der Waals surface area contributed by atoms with Crippen molar-refractivity contribution in [3.63, 3.8) is 0 Å². The molecule has 5 nitrogen and oxygen atoms in total. The van der Waals surface area contributed by atoms with Crippen LogP contribution in [0, 0.1) is 5.82 Å². The van der Waals surface area contributed by atoms with Gasteiger partial charge >= 0.3 is 0 Å². The molecule has 1 aliphatic heterocycles. The van der Waals surface area contributed by atoms with Crippen molar-refractivity contribution in [2.45, 2.75) is 13.1 Å². The molecule has 0 saturated carbocycles. The summed E-state index contributed by atoms with van der Waals surface area (Å²) in [5, 5.41) is 16.0. The lowest BCUT2D eigenvalue weighted by molar-refractivity contribution is 0.0948. The van der Waals surface area contributed by atoms with Crippen LogP contribution in [-0.4, -0.2) is 42.1 Å². The third-order valence-electron chi connectivity index (χ3n) is 6.61. The Morgan fingerprint density at radius 3 is 2.34 bits per heavy atom. The third-order valence-corrected chi connectivity index (χ3v) is 6.61. The fourth-order valence-corrected chi connectivity index (χ4v) is 4.70. The minimum Gasteiger partial charge on any atom is -0.507 e. The first-order chi connectivity index (χ1) is 17.1. The maximum Gasteiger partial charge on any atom is 0.255 e. The number of hydrogen-bond acceptors (Lipinski definition) is 4. The first-order valence-electron chi connectivity index (χ1n) is 11.9. The van der Waals surface area contributed by atoms with Gasteiger partial charge in [0.15, 0.2) is 0 Å². The highest BCUT2D eigenvalue weighted by Crippen LogP contribution is 2.33. The van der Waals surface area contributed by atoms with E-state index in [0.29, 0.717) is 31.9 Å². The van der Waals surface area contributed by atoms with Gasteiger partial charge in [0, 0.05) is 44.8 Å². The van der Waals surface area contributed by atoms with Crippen LogP contribution in [0.1, 0.15) is 21.5 Å². The average Bonchev–Trinajstić information content (AvgIpc) is 2.90. The van der Waals surface area contributed by atoms with Crippen molar-refractivity contribution in [3.05, 3.63) is 107 Å². The predicted molar refractivity (Wildman–Crippen MR) is 137 cm³/mol. The van der Waals surface area contributed by atoms with Gasteiger partial charge in [0.05, 0.1) is 11.3 Å². The van der Waals surface area contributed by atoms with E-state index in [1.54, 1.807) is 12.1 Å². The summed E-state index contributed by atoms with van der Waals surface area (Å²) in [7, 11) is 0. The Morgan fingerprint density at radius 2 is 1.57 bits per heavy atom. The van der Waals surface area contributed by atoms with Crippen molar-refractivity contribution in [3.8, 4) is 5.75 Å². The molecule has 6 heteroatoms. The Kier molecular flexibility index (Phi) is 6.64. The van der Waals surface area contributed by atoms with Gasteiger partial charge in [-0.15, -0.1) is 0 Å². The molecule has 1 amide bonds. The zero-order valence-electron chi connectivity index (χ0n) is 19.5. The quantitative estimate of drug-likeness (QED) is 0.420. The zero-order valence-corrected chi connectivity index (χ0v) is 19.5. The molecule has 0 aliphatic carbocycles. The molecule has 2 N–H and O–H groups in total. The smallest absolute Gasteiger partial charge is 0.255 e. The summed E-state index contributed by atoms with van der Waals surface area (Å²) in [5.74, 6) is -0.493. The molecule has 4 aromatic rings. The number of carbonyl (C=O) groups is 1. The van der Waals surface area contributed by atoms with Crippen LogP contribution in [0.5, 0.6) is 5.75 Å². The van der Waals surface area contributed by atoms with E-state index in [0.717, 1.165) is 35.0 Å². The lowest BCUT2D eigenvalue weighted by atomic mass is 9.98. The maximum absolute atomic E-state index is 14.2. The molecular formula is C29H28FN3O2. The van der Waals surface area contributed by atoms with E-state index in [2.05, 4.69) is 15.1 Å². The number of halogens is 1. The minimum atomic E-state index is -0.303. The Balaban J connectivity index is 1.35. The van der Waals surface area contributed by atoms with Gasteiger partial charge in [-0.2, -0.15) is 0 Å². The number of phenolic OH excluding ortho intramolecular Hbond substituents is 1. The van der Waals surface area contributed by atoms with E-state index in [-0.39, 0.29) is 23.0 Å². The van der Waals surface area contributed by atoms with Gasteiger partial charge in [-0.05, 0) is 34.5 Å². The van der Waals surface area contributed by atoms with Crippen LogP contribution >= 0.6 is 0 Å². The summed E-state index contributed by atoms with van der Waals surface area (Å²) in [4.78, 5) is 17.3. The highest BCUT2D eigenvalue weighted by atomic mass is 19.1. The van der Waals surface area contributed by atoms with Crippen LogP contribution in [0.4, 0.5) is 10.1 Å². The maximum atomic E-state index is 14.2. The molecule has 1 saturated heterocycles. The number of nitrogens with zero attached hydrogens (tertiary/aromatic N) is 2. The van der Waals surface area contributed by atoms with Crippen LogP contribution in [0.15, 0.2) is 84.9 Å². The molecule has 0 unspecified atom stereocenters. The summed E-state index contributed by atoms with van der Waals surface area (Å²) >= 11 is 0. The lowest BCUT2D eigenvalue weighted by Crippen LogP contribution is -2.46. The second-order valence-corrected chi connectivity index (χ2v) is 8.86. The molecule has 0 bridgehead atoms. The molecule has 0 spiro atoms. The van der Waals surface area contributed by atoms with Gasteiger partial charge in [-0.25, -0.2) is 4.39 Å². The Labute approximate surface area is 204 Å². The van der Waals surface area contributed by atoms with Gasteiger partial charge in [-0.3, -0.25) is 9.69 Å². The molecule has 0 atom stereocenters. The number of aromatic hydroxyl groups is 1. The zero-order chi connectivity index (χ0) is 24.2. The van der Waals surface area contributed by atoms with Gasteiger partial charge in [0.1, 0.15) is 11.6 Å². The van der Waals surface area contributed by atoms with E-state index in [9.17, 15) is 14.3 Å². The number of para-hydroxylation sites is 1. The number of carbonyl (C=O) groups excluding carboxylic acids is 1. The molecular weight excluding hydrogens is 441 g/mol. The molecule has 1 heterocycles. The van der Waals surface area contributed by atoms with E-state index in [1.807, 2.05) is 66.7 Å². The van der Waals surface area contributed by atoms with Crippen LogP contribution in [0.3, 0.4) is 0 Å². The highest BCUT2D eigenvalue weighted by molar-refractivity contribution is 6.03. The second-order valence-electron chi connectivity index (χ2n) is 8.86. The Bertz CT molecular complexity index is 1330. The predicted octanol–water partition coefficient (Wildman–Crippen LogP) is 4.94. The Hall–Kier alpha value is -3.90. The molecule has 178 valence electrons. The SMILES string of the molecule is O=C(NCc1ccccc1)c1cc2ccccc2c(CN2CCN(c3ccccc3F)CC2)c1O. The van der Waals surface area contributed by atoms with E-state index in [4.69, 9.17) is 0 Å². The number of piperazine rings is 1. The number of benzene rings is 4. The van der Waals surface area contributed by atoms with Crippen molar-refractivity contribution < 1.29 is 14.3 Å². The van der Waals surface area contributed by atoms with E-state index in [1.165, 1.54) is 6.07 Å². The molecule has 0 radical (unpaired) electrons.